The van der Waals surface area contributed by atoms with Crippen molar-refractivity contribution in [3.63, 3.8) is 0 Å². The lowest BCUT2D eigenvalue weighted by atomic mass is 10.1. The summed E-state index contributed by atoms with van der Waals surface area (Å²) in [6.07, 6.45) is 5.96. The Morgan fingerprint density at radius 1 is 1.24 bits per heavy atom. The molecule has 7 nitrogen and oxygen atoms in total. The summed E-state index contributed by atoms with van der Waals surface area (Å²) in [6.45, 7) is 2.11. The van der Waals surface area contributed by atoms with Gasteiger partial charge in [0.2, 0.25) is 15.9 Å². The molecular formula is C20H23FN4O3S. The first-order valence-electron chi connectivity index (χ1n) is 9.56. The van der Waals surface area contributed by atoms with E-state index in [9.17, 15) is 12.8 Å². The molecule has 0 radical (unpaired) electrons. The molecule has 3 heterocycles. The van der Waals surface area contributed by atoms with Gasteiger partial charge in [0.15, 0.2) is 0 Å². The van der Waals surface area contributed by atoms with Gasteiger partial charge in [0.1, 0.15) is 22.5 Å². The lowest BCUT2D eigenvalue weighted by Gasteiger charge is -2.32. The number of aromatic nitrogens is 3. The van der Waals surface area contributed by atoms with Crippen LogP contribution in [-0.4, -0.2) is 34.0 Å². The van der Waals surface area contributed by atoms with Crippen molar-refractivity contribution in [2.75, 3.05) is 6.54 Å². The van der Waals surface area contributed by atoms with Crippen LogP contribution >= 0.6 is 0 Å². The minimum Gasteiger partial charge on any atom is -0.444 e. The molecule has 2 aromatic heterocycles. The maximum Gasteiger partial charge on any atom is 0.247 e. The minimum atomic E-state index is -3.72. The van der Waals surface area contributed by atoms with Gasteiger partial charge in [-0.2, -0.15) is 9.40 Å². The Morgan fingerprint density at radius 3 is 2.69 bits per heavy atom. The van der Waals surface area contributed by atoms with Crippen LogP contribution in [0.25, 0.3) is 0 Å². The standard InChI is InChI=1S/C20H23FN4O3S/c1-14-19(13-24(2)23-14)29(26,27)25-10-4-3-5-18(25)20-22-12-17(28-20)11-15-6-8-16(21)9-7-15/h6-9,12-13,18H,3-5,10-11H2,1-2H3/t18-/m1/s1. The largest absolute Gasteiger partial charge is 0.444 e. The second-order valence-electron chi connectivity index (χ2n) is 7.35. The number of hydrogen-bond donors (Lipinski definition) is 0. The smallest absolute Gasteiger partial charge is 0.247 e. The summed E-state index contributed by atoms with van der Waals surface area (Å²) in [6, 6.07) is 5.74. The number of rotatable bonds is 5. The van der Waals surface area contributed by atoms with Gasteiger partial charge < -0.3 is 4.42 Å². The lowest BCUT2D eigenvalue weighted by Crippen LogP contribution is -2.38. The Balaban J connectivity index is 1.60. The van der Waals surface area contributed by atoms with Gasteiger partial charge >= 0.3 is 0 Å². The number of halogens is 1. The Bertz CT molecular complexity index is 1110. The van der Waals surface area contributed by atoms with Crippen LogP contribution in [0.3, 0.4) is 0 Å². The van der Waals surface area contributed by atoms with Crippen molar-refractivity contribution < 1.29 is 17.2 Å². The van der Waals surface area contributed by atoms with Gasteiger partial charge in [-0.3, -0.25) is 4.68 Å². The molecule has 1 aromatic carbocycles. The van der Waals surface area contributed by atoms with Crippen LogP contribution < -0.4 is 0 Å². The van der Waals surface area contributed by atoms with Crippen LogP contribution in [0.1, 0.15) is 48.2 Å². The summed E-state index contributed by atoms with van der Waals surface area (Å²) in [5, 5.41) is 4.17. The van der Waals surface area contributed by atoms with Gasteiger partial charge in [0.25, 0.3) is 0 Å². The fourth-order valence-corrected chi connectivity index (χ4v) is 5.61. The third-order valence-electron chi connectivity index (χ3n) is 5.16. The molecule has 0 saturated carbocycles. The highest BCUT2D eigenvalue weighted by Crippen LogP contribution is 2.36. The van der Waals surface area contributed by atoms with E-state index >= 15 is 0 Å². The highest BCUT2D eigenvalue weighted by molar-refractivity contribution is 7.89. The average molecular weight is 418 g/mol. The Labute approximate surface area is 169 Å². The average Bonchev–Trinajstić information content (AvgIpc) is 3.30. The normalized spacial score (nSPS) is 18.2. The Morgan fingerprint density at radius 2 is 2.00 bits per heavy atom. The zero-order valence-corrected chi connectivity index (χ0v) is 17.2. The van der Waals surface area contributed by atoms with Gasteiger partial charge in [-0.25, -0.2) is 17.8 Å². The van der Waals surface area contributed by atoms with Crippen molar-refractivity contribution in [2.45, 2.75) is 43.5 Å². The van der Waals surface area contributed by atoms with E-state index in [2.05, 4.69) is 10.1 Å². The van der Waals surface area contributed by atoms with Crippen molar-refractivity contribution in [1.29, 1.82) is 0 Å². The molecule has 1 aliphatic rings. The zero-order valence-electron chi connectivity index (χ0n) is 16.4. The number of hydrogen-bond acceptors (Lipinski definition) is 5. The molecular weight excluding hydrogens is 395 g/mol. The third kappa shape index (κ3) is 3.97. The highest BCUT2D eigenvalue weighted by Gasteiger charge is 2.38. The molecule has 1 fully saturated rings. The molecule has 29 heavy (non-hydrogen) atoms. The van der Waals surface area contributed by atoms with E-state index in [0.717, 1.165) is 18.4 Å². The summed E-state index contributed by atoms with van der Waals surface area (Å²) in [5.74, 6) is 0.722. The maximum atomic E-state index is 13.3. The number of oxazole rings is 1. The van der Waals surface area contributed by atoms with Crippen LogP contribution in [0.5, 0.6) is 0 Å². The quantitative estimate of drug-likeness (QED) is 0.635. The van der Waals surface area contributed by atoms with E-state index in [1.165, 1.54) is 27.3 Å². The van der Waals surface area contributed by atoms with Gasteiger partial charge in [-0.15, -0.1) is 0 Å². The number of sulfonamides is 1. The van der Waals surface area contributed by atoms with Crippen molar-refractivity contribution >= 4 is 10.0 Å². The molecule has 0 bridgehead atoms. The summed E-state index contributed by atoms with van der Waals surface area (Å²) < 4.78 is 48.6. The van der Waals surface area contributed by atoms with Crippen molar-refractivity contribution in [1.82, 2.24) is 19.1 Å². The molecule has 0 spiro atoms. The SMILES string of the molecule is Cc1nn(C)cc1S(=O)(=O)N1CCCC[C@@H]1c1ncc(Cc2ccc(F)cc2)o1. The van der Waals surface area contributed by atoms with Crippen LogP contribution in [0.4, 0.5) is 4.39 Å². The molecule has 1 atom stereocenters. The van der Waals surface area contributed by atoms with E-state index in [1.807, 2.05) is 0 Å². The fourth-order valence-electron chi connectivity index (χ4n) is 3.76. The lowest BCUT2D eigenvalue weighted by molar-refractivity contribution is 0.216. The second kappa shape index (κ2) is 7.72. The van der Waals surface area contributed by atoms with Gasteiger partial charge in [-0.05, 0) is 37.5 Å². The second-order valence-corrected chi connectivity index (χ2v) is 9.21. The molecule has 1 aliphatic heterocycles. The van der Waals surface area contributed by atoms with Crippen molar-refractivity contribution in [2.24, 2.45) is 7.05 Å². The minimum absolute atomic E-state index is 0.213. The molecule has 0 N–H and O–H groups in total. The molecule has 0 amide bonds. The van der Waals surface area contributed by atoms with Crippen molar-refractivity contribution in [3.8, 4) is 0 Å². The van der Waals surface area contributed by atoms with Crippen LogP contribution in [-0.2, 0) is 23.5 Å². The number of nitrogens with zero attached hydrogens (tertiary/aromatic N) is 4. The first-order chi connectivity index (χ1) is 13.8. The summed E-state index contributed by atoms with van der Waals surface area (Å²) in [4.78, 5) is 4.58. The van der Waals surface area contributed by atoms with E-state index in [-0.39, 0.29) is 10.7 Å². The third-order valence-corrected chi connectivity index (χ3v) is 7.17. The first-order valence-corrected chi connectivity index (χ1v) is 11.0. The summed E-state index contributed by atoms with van der Waals surface area (Å²) in [7, 11) is -2.01. The van der Waals surface area contributed by atoms with Gasteiger partial charge in [-0.1, -0.05) is 18.6 Å². The van der Waals surface area contributed by atoms with E-state index in [4.69, 9.17) is 4.42 Å². The number of benzene rings is 1. The zero-order chi connectivity index (χ0) is 20.6. The molecule has 3 aromatic rings. The summed E-state index contributed by atoms with van der Waals surface area (Å²) >= 11 is 0. The fraction of sp³-hybridized carbons (Fsp3) is 0.400. The first kappa shape index (κ1) is 19.8. The van der Waals surface area contributed by atoms with Crippen LogP contribution in [0.2, 0.25) is 0 Å². The van der Waals surface area contributed by atoms with Crippen molar-refractivity contribution in [3.05, 3.63) is 65.4 Å². The van der Waals surface area contributed by atoms with Gasteiger partial charge in [0, 0.05) is 26.2 Å². The van der Waals surface area contributed by atoms with E-state index in [1.54, 1.807) is 32.3 Å². The molecule has 0 unspecified atom stereocenters. The van der Waals surface area contributed by atoms with E-state index in [0.29, 0.717) is 36.7 Å². The Hall–Kier alpha value is -2.52. The highest BCUT2D eigenvalue weighted by atomic mass is 32.2. The molecule has 9 heteroatoms. The Kier molecular flexibility index (Phi) is 5.26. The molecule has 154 valence electrons. The van der Waals surface area contributed by atoms with E-state index < -0.39 is 16.1 Å². The topological polar surface area (TPSA) is 81.2 Å². The molecule has 0 aliphatic carbocycles. The monoisotopic (exact) mass is 418 g/mol. The molecule has 1 saturated heterocycles. The van der Waals surface area contributed by atoms with Crippen LogP contribution in [0.15, 0.2) is 46.0 Å². The number of aryl methyl sites for hydroxylation is 2. The molecule has 4 rings (SSSR count). The van der Waals surface area contributed by atoms with Gasteiger partial charge in [0.05, 0.1) is 11.9 Å². The predicted octanol–water partition coefficient (Wildman–Crippen LogP) is 3.36. The number of piperidine rings is 1. The summed E-state index contributed by atoms with van der Waals surface area (Å²) in [5.41, 5.74) is 1.37. The van der Waals surface area contributed by atoms with Crippen LogP contribution in [0, 0.1) is 12.7 Å². The maximum absolute atomic E-state index is 13.3. The predicted molar refractivity (Wildman–Crippen MR) is 104 cm³/mol.